The molecule has 0 aromatic rings. The molecule has 0 aromatic heterocycles. The zero-order valence-corrected chi connectivity index (χ0v) is 18.3. The molecule has 0 N–H and O–H groups in total. The fourth-order valence-corrected chi connectivity index (χ4v) is 4.68. The van der Waals surface area contributed by atoms with E-state index in [0.29, 0.717) is 37.4 Å². The van der Waals surface area contributed by atoms with E-state index in [9.17, 15) is 4.79 Å². The topological polar surface area (TPSA) is 35.5 Å². The van der Waals surface area contributed by atoms with Gasteiger partial charge in [0.1, 0.15) is 0 Å². The maximum Gasteiger partial charge on any atom is 0.338 e. The maximum atomic E-state index is 13.2. The van der Waals surface area contributed by atoms with Gasteiger partial charge >= 0.3 is 5.97 Å². The van der Waals surface area contributed by atoms with Crippen LogP contribution >= 0.6 is 0 Å². The zero-order chi connectivity index (χ0) is 19.6. The first kappa shape index (κ1) is 23.5. The number of esters is 1. The Balaban J connectivity index is 3.13. The van der Waals surface area contributed by atoms with Crippen LogP contribution in [-0.2, 0) is 14.3 Å². The lowest BCUT2D eigenvalue weighted by Crippen LogP contribution is -2.53. The van der Waals surface area contributed by atoms with Crippen molar-refractivity contribution in [2.75, 3.05) is 13.2 Å². The van der Waals surface area contributed by atoms with E-state index in [-0.39, 0.29) is 11.9 Å². The van der Waals surface area contributed by atoms with Crippen LogP contribution in [0.2, 0.25) is 0 Å². The number of rotatable bonds is 12. The Kier molecular flexibility index (Phi) is 10.8. The van der Waals surface area contributed by atoms with Crippen LogP contribution in [0.15, 0.2) is 0 Å². The summed E-state index contributed by atoms with van der Waals surface area (Å²) < 4.78 is 12.1. The molecule has 0 aliphatic heterocycles. The third kappa shape index (κ3) is 6.25. The Bertz CT molecular complexity index is 387. The van der Waals surface area contributed by atoms with Crippen LogP contribution in [0.1, 0.15) is 99.3 Å². The maximum absolute atomic E-state index is 13.2. The molecule has 1 rings (SSSR count). The third-order valence-electron chi connectivity index (χ3n) is 6.21. The normalized spacial score (nSPS) is 20.6. The molecule has 0 heterocycles. The van der Waals surface area contributed by atoms with Crippen molar-refractivity contribution in [3.8, 4) is 0 Å². The molecule has 3 heteroatoms. The third-order valence-corrected chi connectivity index (χ3v) is 6.21. The molecule has 0 amide bonds. The first-order chi connectivity index (χ1) is 12.4. The van der Waals surface area contributed by atoms with Gasteiger partial charge in [-0.2, -0.15) is 0 Å². The molecular weight excluding hydrogens is 324 g/mol. The highest BCUT2D eigenvalue weighted by Crippen LogP contribution is 2.43. The number of carbonyl (C=O) groups excluding carboxylic acids is 1. The second-order valence-corrected chi connectivity index (χ2v) is 8.74. The van der Waals surface area contributed by atoms with Crippen molar-refractivity contribution in [2.45, 2.75) is 105 Å². The van der Waals surface area contributed by atoms with E-state index in [1.807, 2.05) is 6.92 Å². The number of hydrogen-bond donors (Lipinski definition) is 0. The monoisotopic (exact) mass is 368 g/mol. The van der Waals surface area contributed by atoms with Gasteiger partial charge in [-0.15, -0.1) is 0 Å². The summed E-state index contributed by atoms with van der Waals surface area (Å²) in [5.41, 5.74) is -0.785. The van der Waals surface area contributed by atoms with Gasteiger partial charge in [0, 0.05) is 5.92 Å². The SMILES string of the molecule is CCCOC(=O)C(CC)(OCC(C)C)C(CCC)C(C)C1CCCCC1. The fraction of sp³-hybridized carbons (Fsp3) is 0.957. The molecule has 154 valence electrons. The van der Waals surface area contributed by atoms with Crippen LogP contribution in [0.5, 0.6) is 0 Å². The van der Waals surface area contributed by atoms with Gasteiger partial charge in [-0.3, -0.25) is 0 Å². The van der Waals surface area contributed by atoms with Crippen LogP contribution in [0.3, 0.4) is 0 Å². The van der Waals surface area contributed by atoms with Crippen LogP contribution in [0, 0.1) is 23.7 Å². The quantitative estimate of drug-likeness (QED) is 0.374. The van der Waals surface area contributed by atoms with Gasteiger partial charge < -0.3 is 9.47 Å². The van der Waals surface area contributed by atoms with Gasteiger partial charge in [0.25, 0.3) is 0 Å². The largest absolute Gasteiger partial charge is 0.464 e. The van der Waals surface area contributed by atoms with E-state index < -0.39 is 5.60 Å². The molecule has 3 atom stereocenters. The molecule has 0 spiro atoms. The molecule has 0 bridgehead atoms. The standard InChI is InChI=1S/C23H44O3/c1-7-13-21(19(6)20-14-11-10-12-15-20)23(9-3,26-17-18(4)5)22(24)25-16-8-2/h18-21H,7-17H2,1-6H3. The summed E-state index contributed by atoms with van der Waals surface area (Å²) >= 11 is 0. The number of hydrogen-bond acceptors (Lipinski definition) is 3. The highest BCUT2D eigenvalue weighted by Gasteiger charge is 2.49. The van der Waals surface area contributed by atoms with Crippen LogP contribution in [0.4, 0.5) is 0 Å². The summed E-state index contributed by atoms with van der Waals surface area (Å²) in [7, 11) is 0. The minimum Gasteiger partial charge on any atom is -0.464 e. The summed E-state index contributed by atoms with van der Waals surface area (Å²) in [6, 6.07) is 0. The molecule has 1 aliphatic rings. The predicted molar refractivity (Wildman–Crippen MR) is 109 cm³/mol. The van der Waals surface area contributed by atoms with Crippen molar-refractivity contribution in [3.05, 3.63) is 0 Å². The van der Waals surface area contributed by atoms with Gasteiger partial charge in [-0.1, -0.05) is 80.1 Å². The van der Waals surface area contributed by atoms with Gasteiger partial charge in [-0.25, -0.2) is 4.79 Å². The number of ether oxygens (including phenoxy) is 2. The predicted octanol–water partition coefficient (Wildman–Crippen LogP) is 6.39. The Morgan fingerprint density at radius 2 is 1.69 bits per heavy atom. The van der Waals surface area contributed by atoms with Crippen molar-refractivity contribution in [2.24, 2.45) is 23.7 Å². The first-order valence-electron chi connectivity index (χ1n) is 11.2. The zero-order valence-electron chi connectivity index (χ0n) is 18.3. The molecule has 0 aromatic carbocycles. The van der Waals surface area contributed by atoms with E-state index in [4.69, 9.17) is 9.47 Å². The van der Waals surface area contributed by atoms with Crippen LogP contribution in [0.25, 0.3) is 0 Å². The smallest absolute Gasteiger partial charge is 0.338 e. The summed E-state index contributed by atoms with van der Waals surface area (Å²) in [4.78, 5) is 13.2. The molecule has 3 nitrogen and oxygen atoms in total. The lowest BCUT2D eigenvalue weighted by molar-refractivity contribution is -0.190. The van der Waals surface area contributed by atoms with E-state index in [1.165, 1.54) is 32.1 Å². The second-order valence-electron chi connectivity index (χ2n) is 8.74. The average molecular weight is 369 g/mol. The molecule has 1 saturated carbocycles. The van der Waals surface area contributed by atoms with Crippen LogP contribution in [-0.4, -0.2) is 24.8 Å². The molecular formula is C23H44O3. The van der Waals surface area contributed by atoms with Crippen molar-refractivity contribution in [3.63, 3.8) is 0 Å². The van der Waals surface area contributed by atoms with Gasteiger partial charge in [0.2, 0.25) is 0 Å². The lowest BCUT2D eigenvalue weighted by atomic mass is 9.67. The van der Waals surface area contributed by atoms with Crippen molar-refractivity contribution in [1.29, 1.82) is 0 Å². The van der Waals surface area contributed by atoms with Crippen molar-refractivity contribution >= 4 is 5.97 Å². The van der Waals surface area contributed by atoms with Crippen LogP contribution < -0.4 is 0 Å². The summed E-state index contributed by atoms with van der Waals surface area (Å²) in [5, 5.41) is 0. The number of carbonyl (C=O) groups is 1. The highest BCUT2D eigenvalue weighted by atomic mass is 16.6. The minimum absolute atomic E-state index is 0.122. The molecule has 1 fully saturated rings. The first-order valence-corrected chi connectivity index (χ1v) is 11.2. The Morgan fingerprint density at radius 3 is 2.19 bits per heavy atom. The Hall–Kier alpha value is -0.570. The van der Waals surface area contributed by atoms with Gasteiger partial charge in [0.15, 0.2) is 5.60 Å². The van der Waals surface area contributed by atoms with E-state index in [2.05, 4.69) is 34.6 Å². The lowest BCUT2D eigenvalue weighted by Gasteiger charge is -2.44. The molecule has 3 unspecified atom stereocenters. The van der Waals surface area contributed by atoms with E-state index >= 15 is 0 Å². The van der Waals surface area contributed by atoms with E-state index in [1.54, 1.807) is 0 Å². The van der Waals surface area contributed by atoms with E-state index in [0.717, 1.165) is 19.3 Å². The Labute approximate surface area is 162 Å². The Morgan fingerprint density at radius 1 is 1.04 bits per heavy atom. The highest BCUT2D eigenvalue weighted by molar-refractivity contribution is 5.80. The molecule has 1 aliphatic carbocycles. The summed E-state index contributed by atoms with van der Waals surface area (Å²) in [6.07, 6.45) is 10.3. The van der Waals surface area contributed by atoms with Crippen molar-refractivity contribution < 1.29 is 14.3 Å². The van der Waals surface area contributed by atoms with Gasteiger partial charge in [-0.05, 0) is 37.0 Å². The van der Waals surface area contributed by atoms with Crippen molar-refractivity contribution in [1.82, 2.24) is 0 Å². The molecule has 0 radical (unpaired) electrons. The average Bonchev–Trinajstić information content (AvgIpc) is 2.66. The molecule has 0 saturated heterocycles. The molecule has 26 heavy (non-hydrogen) atoms. The second kappa shape index (κ2) is 12.0. The van der Waals surface area contributed by atoms with Gasteiger partial charge in [0.05, 0.1) is 13.2 Å². The fourth-order valence-electron chi connectivity index (χ4n) is 4.68. The summed E-state index contributed by atoms with van der Waals surface area (Å²) in [6.45, 7) is 14.1. The minimum atomic E-state index is -0.785. The summed E-state index contributed by atoms with van der Waals surface area (Å²) in [5.74, 6) is 1.74.